The molecule has 0 aliphatic carbocycles. The zero-order chi connectivity index (χ0) is 19.1. The van der Waals surface area contributed by atoms with E-state index in [1.54, 1.807) is 0 Å². The summed E-state index contributed by atoms with van der Waals surface area (Å²) in [5.74, 6) is 0. The molecule has 1 heterocycles. The average molecular weight is 341 g/mol. The van der Waals surface area contributed by atoms with Crippen molar-refractivity contribution < 1.29 is 0 Å². The Morgan fingerprint density at radius 2 is 1.38 bits per heavy atom. The predicted molar refractivity (Wildman–Crippen MR) is 118 cm³/mol. The SMILES string of the molecule is C=C.C=Cc1c(C)ccc2c1c1ccccc1n2-c1ccccc1.CC. The second-order valence-corrected chi connectivity index (χ2v) is 5.58. The molecule has 0 aliphatic rings. The van der Waals surface area contributed by atoms with Crippen LogP contribution in [0.25, 0.3) is 33.6 Å². The molecule has 1 heteroatoms. The molecule has 0 fully saturated rings. The molecule has 0 spiro atoms. The summed E-state index contributed by atoms with van der Waals surface area (Å²) in [6, 6.07) is 23.5. The van der Waals surface area contributed by atoms with E-state index in [1.165, 1.54) is 38.6 Å². The van der Waals surface area contributed by atoms with Gasteiger partial charge < -0.3 is 4.57 Å². The van der Waals surface area contributed by atoms with E-state index in [-0.39, 0.29) is 0 Å². The van der Waals surface area contributed by atoms with Crippen molar-refractivity contribution in [3.63, 3.8) is 0 Å². The van der Waals surface area contributed by atoms with E-state index in [4.69, 9.17) is 0 Å². The molecule has 26 heavy (non-hydrogen) atoms. The third-order valence-corrected chi connectivity index (χ3v) is 4.32. The number of hydrogen-bond donors (Lipinski definition) is 0. The molecule has 0 radical (unpaired) electrons. The topological polar surface area (TPSA) is 4.93 Å². The van der Waals surface area contributed by atoms with Gasteiger partial charge in [-0.25, -0.2) is 0 Å². The van der Waals surface area contributed by atoms with Crippen LogP contribution < -0.4 is 0 Å². The quantitative estimate of drug-likeness (QED) is 0.331. The molecule has 132 valence electrons. The van der Waals surface area contributed by atoms with Crippen LogP contribution in [0.1, 0.15) is 25.0 Å². The van der Waals surface area contributed by atoms with Gasteiger partial charge >= 0.3 is 0 Å². The first-order valence-electron chi connectivity index (χ1n) is 9.02. The fourth-order valence-electron chi connectivity index (χ4n) is 3.31. The van der Waals surface area contributed by atoms with E-state index in [9.17, 15) is 0 Å². The minimum Gasteiger partial charge on any atom is -0.309 e. The molecule has 0 N–H and O–H groups in total. The van der Waals surface area contributed by atoms with E-state index in [2.05, 4.69) is 98.0 Å². The molecular formula is C25H27N. The van der Waals surface area contributed by atoms with Crippen molar-refractivity contribution in [2.45, 2.75) is 20.8 Å². The number of aryl methyl sites for hydroxylation is 1. The summed E-state index contributed by atoms with van der Waals surface area (Å²) < 4.78 is 2.33. The molecule has 0 unspecified atom stereocenters. The molecule has 3 aromatic carbocycles. The number of rotatable bonds is 2. The summed E-state index contributed by atoms with van der Waals surface area (Å²) >= 11 is 0. The van der Waals surface area contributed by atoms with E-state index in [0.717, 1.165) is 0 Å². The van der Waals surface area contributed by atoms with Crippen molar-refractivity contribution in [2.24, 2.45) is 0 Å². The maximum absolute atomic E-state index is 4.02. The molecule has 0 amide bonds. The Morgan fingerprint density at radius 3 is 2.04 bits per heavy atom. The molecule has 4 rings (SSSR count). The highest BCUT2D eigenvalue weighted by molar-refractivity contribution is 6.13. The van der Waals surface area contributed by atoms with Gasteiger partial charge in [0.25, 0.3) is 0 Å². The number of aromatic nitrogens is 1. The highest BCUT2D eigenvalue weighted by atomic mass is 15.0. The maximum Gasteiger partial charge on any atom is 0.0547 e. The van der Waals surface area contributed by atoms with Gasteiger partial charge in [0.2, 0.25) is 0 Å². The van der Waals surface area contributed by atoms with Gasteiger partial charge in [-0.05, 0) is 42.3 Å². The summed E-state index contributed by atoms with van der Waals surface area (Å²) in [6.07, 6.45) is 1.97. The zero-order valence-electron chi connectivity index (χ0n) is 16.0. The van der Waals surface area contributed by atoms with Crippen molar-refractivity contribution in [3.05, 3.63) is 97.6 Å². The average Bonchev–Trinajstić information content (AvgIpc) is 3.06. The van der Waals surface area contributed by atoms with Gasteiger partial charge in [0, 0.05) is 16.5 Å². The van der Waals surface area contributed by atoms with Crippen LogP contribution in [0, 0.1) is 6.92 Å². The fourth-order valence-corrected chi connectivity index (χ4v) is 3.31. The van der Waals surface area contributed by atoms with Gasteiger partial charge in [0.1, 0.15) is 0 Å². The predicted octanol–water partition coefficient (Wildman–Crippen LogP) is 7.56. The van der Waals surface area contributed by atoms with E-state index < -0.39 is 0 Å². The van der Waals surface area contributed by atoms with Crippen LogP contribution in [0.2, 0.25) is 0 Å². The van der Waals surface area contributed by atoms with Gasteiger partial charge in [-0.1, -0.05) is 69.0 Å². The number of fused-ring (bicyclic) bond motifs is 3. The largest absolute Gasteiger partial charge is 0.309 e. The molecule has 0 saturated heterocycles. The monoisotopic (exact) mass is 341 g/mol. The molecule has 0 atom stereocenters. The molecule has 0 saturated carbocycles. The van der Waals surface area contributed by atoms with Crippen molar-refractivity contribution in [3.8, 4) is 5.69 Å². The van der Waals surface area contributed by atoms with Crippen molar-refractivity contribution in [1.29, 1.82) is 0 Å². The van der Waals surface area contributed by atoms with E-state index in [0.29, 0.717) is 0 Å². The highest BCUT2D eigenvalue weighted by Gasteiger charge is 2.14. The lowest BCUT2D eigenvalue weighted by Crippen LogP contribution is -1.93. The molecule has 0 bridgehead atoms. The van der Waals surface area contributed by atoms with Crippen LogP contribution in [0.5, 0.6) is 0 Å². The Kier molecular flexibility index (Phi) is 6.57. The fraction of sp³-hybridized carbons (Fsp3) is 0.120. The van der Waals surface area contributed by atoms with Crippen molar-refractivity contribution >= 4 is 27.9 Å². The van der Waals surface area contributed by atoms with Crippen LogP contribution in [-0.2, 0) is 0 Å². The third kappa shape index (κ3) is 3.21. The Hall–Kier alpha value is -3.06. The Balaban J connectivity index is 0.000000570. The lowest BCUT2D eigenvalue weighted by molar-refractivity contribution is 1.18. The third-order valence-electron chi connectivity index (χ3n) is 4.32. The first-order valence-corrected chi connectivity index (χ1v) is 9.02. The van der Waals surface area contributed by atoms with Crippen LogP contribution in [0.15, 0.2) is 86.5 Å². The van der Waals surface area contributed by atoms with Crippen LogP contribution in [0.3, 0.4) is 0 Å². The lowest BCUT2D eigenvalue weighted by Gasteiger charge is -2.08. The summed E-state index contributed by atoms with van der Waals surface area (Å²) in [7, 11) is 0. The molecular weight excluding hydrogens is 314 g/mol. The van der Waals surface area contributed by atoms with Gasteiger partial charge in [-0.15, -0.1) is 13.2 Å². The van der Waals surface area contributed by atoms with E-state index in [1.807, 2.05) is 19.9 Å². The number of nitrogens with zero attached hydrogens (tertiary/aromatic N) is 1. The van der Waals surface area contributed by atoms with Gasteiger partial charge in [0.05, 0.1) is 11.0 Å². The number of hydrogen-bond acceptors (Lipinski definition) is 0. The molecule has 4 aromatic rings. The lowest BCUT2D eigenvalue weighted by atomic mass is 10.0. The minimum absolute atomic E-state index is 1.19. The van der Waals surface area contributed by atoms with Gasteiger partial charge in [-0.3, -0.25) is 0 Å². The summed E-state index contributed by atoms with van der Waals surface area (Å²) in [5.41, 5.74) is 6.14. The Labute approximate surface area is 156 Å². The second-order valence-electron chi connectivity index (χ2n) is 5.58. The smallest absolute Gasteiger partial charge is 0.0547 e. The summed E-state index contributed by atoms with van der Waals surface area (Å²) in [5, 5.41) is 2.56. The molecule has 0 aliphatic heterocycles. The van der Waals surface area contributed by atoms with Gasteiger partial charge in [0.15, 0.2) is 0 Å². The number of para-hydroxylation sites is 2. The van der Waals surface area contributed by atoms with Crippen LogP contribution in [-0.4, -0.2) is 4.57 Å². The van der Waals surface area contributed by atoms with Gasteiger partial charge in [-0.2, -0.15) is 0 Å². The first kappa shape index (κ1) is 19.3. The molecule has 1 nitrogen and oxygen atoms in total. The summed E-state index contributed by atoms with van der Waals surface area (Å²) in [4.78, 5) is 0. The van der Waals surface area contributed by atoms with Crippen molar-refractivity contribution in [1.82, 2.24) is 4.57 Å². The second kappa shape index (κ2) is 8.87. The Bertz CT molecular complexity index is 1010. The van der Waals surface area contributed by atoms with E-state index >= 15 is 0 Å². The van der Waals surface area contributed by atoms with Crippen LogP contribution in [0.4, 0.5) is 0 Å². The normalized spacial score (nSPS) is 9.81. The van der Waals surface area contributed by atoms with Crippen LogP contribution >= 0.6 is 0 Å². The number of benzene rings is 3. The first-order chi connectivity index (χ1) is 12.8. The zero-order valence-corrected chi connectivity index (χ0v) is 16.0. The van der Waals surface area contributed by atoms with Crippen molar-refractivity contribution in [2.75, 3.05) is 0 Å². The molecule has 1 aromatic heterocycles. The maximum atomic E-state index is 4.02. The standard InChI is InChI=1S/C21H17N.C2H6.C2H4/c1-3-17-15(2)13-14-20-21(17)18-11-7-8-12-19(18)22(20)16-9-5-4-6-10-16;2*1-2/h3-14H,1H2,2H3;1-2H3;1-2H2. The Morgan fingerprint density at radius 1 is 0.769 bits per heavy atom. The highest BCUT2D eigenvalue weighted by Crippen LogP contribution is 2.35. The minimum atomic E-state index is 1.19. The summed E-state index contributed by atoms with van der Waals surface area (Å²) in [6.45, 7) is 16.2.